The Labute approximate surface area is 101 Å². The summed E-state index contributed by atoms with van der Waals surface area (Å²) in [6, 6.07) is 11.9. The Morgan fingerprint density at radius 1 is 1.12 bits per heavy atom. The van der Waals surface area contributed by atoms with Gasteiger partial charge in [0.1, 0.15) is 23.9 Å². The number of nitrogens with one attached hydrogen (secondary N) is 1. The van der Waals surface area contributed by atoms with Crippen molar-refractivity contribution in [2.24, 2.45) is 0 Å². The molecule has 1 aromatic heterocycles. The first-order valence-electron chi connectivity index (χ1n) is 5.70. The molecule has 0 saturated carbocycles. The standard InChI is InChI=1S/C14H17NO2/c1-11-5-3-4-6-14(11)16-10-13-8-7-12(17-13)9-15-2/h3-8,15H,9-10H2,1-2H3. The molecule has 90 valence electrons. The van der Waals surface area contributed by atoms with Gasteiger partial charge in [0.2, 0.25) is 0 Å². The van der Waals surface area contributed by atoms with Gasteiger partial charge < -0.3 is 14.5 Å². The summed E-state index contributed by atoms with van der Waals surface area (Å²) in [5.41, 5.74) is 1.13. The third-order valence-corrected chi connectivity index (χ3v) is 2.53. The van der Waals surface area contributed by atoms with E-state index in [1.165, 1.54) is 0 Å². The smallest absolute Gasteiger partial charge is 0.146 e. The number of hydrogen-bond donors (Lipinski definition) is 1. The Morgan fingerprint density at radius 2 is 1.88 bits per heavy atom. The van der Waals surface area contributed by atoms with Gasteiger partial charge in [-0.15, -0.1) is 0 Å². The number of benzene rings is 1. The zero-order valence-electron chi connectivity index (χ0n) is 10.2. The summed E-state index contributed by atoms with van der Waals surface area (Å²) >= 11 is 0. The first-order valence-corrected chi connectivity index (χ1v) is 5.70. The van der Waals surface area contributed by atoms with Gasteiger partial charge in [0, 0.05) is 0 Å². The van der Waals surface area contributed by atoms with E-state index in [-0.39, 0.29) is 0 Å². The van der Waals surface area contributed by atoms with Crippen molar-refractivity contribution in [1.82, 2.24) is 5.32 Å². The second kappa shape index (κ2) is 5.55. The van der Waals surface area contributed by atoms with E-state index in [9.17, 15) is 0 Å². The summed E-state index contributed by atoms with van der Waals surface area (Å²) in [6.45, 7) is 3.24. The molecule has 17 heavy (non-hydrogen) atoms. The molecule has 0 saturated heterocycles. The van der Waals surface area contributed by atoms with E-state index in [4.69, 9.17) is 9.15 Å². The predicted molar refractivity (Wildman–Crippen MR) is 67.0 cm³/mol. The molecule has 0 aliphatic carbocycles. The first-order chi connectivity index (χ1) is 8.29. The van der Waals surface area contributed by atoms with Gasteiger partial charge in [-0.05, 0) is 37.7 Å². The summed E-state index contributed by atoms with van der Waals surface area (Å²) in [5, 5.41) is 3.05. The molecule has 0 fully saturated rings. The average Bonchev–Trinajstić information content (AvgIpc) is 2.76. The summed E-state index contributed by atoms with van der Waals surface area (Å²) in [6.07, 6.45) is 0. The minimum atomic E-state index is 0.467. The molecule has 2 aromatic rings. The van der Waals surface area contributed by atoms with Crippen molar-refractivity contribution in [3.05, 3.63) is 53.5 Å². The number of ether oxygens (including phenoxy) is 1. The normalized spacial score (nSPS) is 10.5. The predicted octanol–water partition coefficient (Wildman–Crippen LogP) is 2.89. The van der Waals surface area contributed by atoms with Crippen LogP contribution in [0, 0.1) is 6.92 Å². The molecule has 1 aromatic carbocycles. The molecule has 0 spiro atoms. The summed E-state index contributed by atoms with van der Waals surface area (Å²) in [4.78, 5) is 0. The fraction of sp³-hybridized carbons (Fsp3) is 0.286. The van der Waals surface area contributed by atoms with Crippen LogP contribution in [0.4, 0.5) is 0 Å². The Morgan fingerprint density at radius 3 is 2.65 bits per heavy atom. The molecule has 1 heterocycles. The number of aryl methyl sites for hydroxylation is 1. The van der Waals surface area contributed by atoms with Crippen LogP contribution in [0.3, 0.4) is 0 Å². The molecule has 0 atom stereocenters. The van der Waals surface area contributed by atoms with E-state index in [2.05, 4.69) is 5.32 Å². The molecule has 1 N–H and O–H groups in total. The molecule has 0 bridgehead atoms. The molecule has 3 nitrogen and oxygen atoms in total. The van der Waals surface area contributed by atoms with Crippen molar-refractivity contribution in [3.63, 3.8) is 0 Å². The third kappa shape index (κ3) is 3.11. The maximum absolute atomic E-state index is 5.70. The van der Waals surface area contributed by atoms with Crippen LogP contribution < -0.4 is 10.1 Å². The highest BCUT2D eigenvalue weighted by Crippen LogP contribution is 2.18. The summed E-state index contributed by atoms with van der Waals surface area (Å²) in [5.74, 6) is 2.67. The van der Waals surface area contributed by atoms with E-state index in [1.54, 1.807) is 0 Å². The van der Waals surface area contributed by atoms with Gasteiger partial charge in [-0.3, -0.25) is 0 Å². The molecule has 0 radical (unpaired) electrons. The molecule has 0 aliphatic heterocycles. The van der Waals surface area contributed by atoms with E-state index in [0.29, 0.717) is 6.61 Å². The lowest BCUT2D eigenvalue weighted by Crippen LogP contribution is -2.03. The minimum Gasteiger partial charge on any atom is -0.485 e. The van der Waals surface area contributed by atoms with Gasteiger partial charge in [-0.25, -0.2) is 0 Å². The largest absolute Gasteiger partial charge is 0.485 e. The van der Waals surface area contributed by atoms with Crippen molar-refractivity contribution in [2.45, 2.75) is 20.1 Å². The van der Waals surface area contributed by atoms with Gasteiger partial charge in [-0.2, -0.15) is 0 Å². The van der Waals surface area contributed by atoms with E-state index in [1.807, 2.05) is 50.4 Å². The molecular weight excluding hydrogens is 214 g/mol. The lowest BCUT2D eigenvalue weighted by atomic mass is 10.2. The first kappa shape index (κ1) is 11.7. The van der Waals surface area contributed by atoms with Crippen LogP contribution in [-0.2, 0) is 13.2 Å². The quantitative estimate of drug-likeness (QED) is 0.859. The number of furan rings is 1. The van der Waals surface area contributed by atoms with E-state index >= 15 is 0 Å². The van der Waals surface area contributed by atoms with Crippen molar-refractivity contribution in [2.75, 3.05) is 7.05 Å². The van der Waals surface area contributed by atoms with Crippen molar-refractivity contribution >= 4 is 0 Å². The number of rotatable bonds is 5. The highest BCUT2D eigenvalue weighted by atomic mass is 16.5. The summed E-state index contributed by atoms with van der Waals surface area (Å²) < 4.78 is 11.3. The molecule has 0 aliphatic rings. The van der Waals surface area contributed by atoms with Gasteiger partial charge in [-0.1, -0.05) is 18.2 Å². The molecule has 2 rings (SSSR count). The van der Waals surface area contributed by atoms with Crippen LogP contribution in [0.25, 0.3) is 0 Å². The third-order valence-electron chi connectivity index (χ3n) is 2.53. The average molecular weight is 231 g/mol. The molecule has 0 amide bonds. The van der Waals surface area contributed by atoms with Crippen LogP contribution in [-0.4, -0.2) is 7.05 Å². The van der Waals surface area contributed by atoms with Gasteiger partial charge in [0.25, 0.3) is 0 Å². The summed E-state index contributed by atoms with van der Waals surface area (Å²) in [7, 11) is 1.89. The topological polar surface area (TPSA) is 34.4 Å². The zero-order valence-corrected chi connectivity index (χ0v) is 10.2. The fourth-order valence-electron chi connectivity index (χ4n) is 1.64. The van der Waals surface area contributed by atoms with E-state index in [0.717, 1.165) is 29.4 Å². The fourth-order valence-corrected chi connectivity index (χ4v) is 1.64. The Hall–Kier alpha value is -1.74. The number of para-hydroxylation sites is 1. The van der Waals surface area contributed by atoms with Crippen LogP contribution in [0.1, 0.15) is 17.1 Å². The van der Waals surface area contributed by atoms with Crippen LogP contribution in [0.2, 0.25) is 0 Å². The Balaban J connectivity index is 1.95. The van der Waals surface area contributed by atoms with Crippen molar-refractivity contribution < 1.29 is 9.15 Å². The Bertz CT molecular complexity index is 477. The highest BCUT2D eigenvalue weighted by Gasteiger charge is 2.03. The van der Waals surface area contributed by atoms with Crippen LogP contribution in [0.5, 0.6) is 5.75 Å². The number of hydrogen-bond acceptors (Lipinski definition) is 3. The maximum Gasteiger partial charge on any atom is 0.146 e. The second-order valence-electron chi connectivity index (χ2n) is 3.95. The molecular formula is C14H17NO2. The van der Waals surface area contributed by atoms with Crippen LogP contribution >= 0.6 is 0 Å². The van der Waals surface area contributed by atoms with E-state index < -0.39 is 0 Å². The van der Waals surface area contributed by atoms with Crippen LogP contribution in [0.15, 0.2) is 40.8 Å². The highest BCUT2D eigenvalue weighted by molar-refractivity contribution is 5.31. The van der Waals surface area contributed by atoms with Crippen molar-refractivity contribution in [3.8, 4) is 5.75 Å². The SMILES string of the molecule is CNCc1ccc(COc2ccccc2C)o1. The lowest BCUT2D eigenvalue weighted by molar-refractivity contribution is 0.264. The molecule has 0 unspecified atom stereocenters. The van der Waals surface area contributed by atoms with Gasteiger partial charge in [0.05, 0.1) is 6.54 Å². The zero-order chi connectivity index (χ0) is 12.1. The second-order valence-corrected chi connectivity index (χ2v) is 3.95. The monoisotopic (exact) mass is 231 g/mol. The molecule has 3 heteroatoms. The van der Waals surface area contributed by atoms with Crippen molar-refractivity contribution in [1.29, 1.82) is 0 Å². The van der Waals surface area contributed by atoms with Gasteiger partial charge >= 0.3 is 0 Å². The lowest BCUT2D eigenvalue weighted by Gasteiger charge is -2.06. The minimum absolute atomic E-state index is 0.467. The maximum atomic E-state index is 5.70. The Kier molecular flexibility index (Phi) is 3.83. The van der Waals surface area contributed by atoms with Gasteiger partial charge in [0.15, 0.2) is 0 Å².